The Hall–Kier alpha value is -2.67. The number of nitrogens with zero attached hydrogens (tertiary/aromatic N) is 4. The average molecular weight is 342 g/mol. The highest BCUT2D eigenvalue weighted by Gasteiger charge is 2.24. The number of carbonyl (C=O) groups excluding carboxylic acids is 2. The number of amides is 2. The van der Waals surface area contributed by atoms with Crippen LogP contribution in [0, 0.1) is 0 Å². The highest BCUT2D eigenvalue weighted by atomic mass is 16.3. The zero-order chi connectivity index (χ0) is 17.8. The molecule has 2 amide bonds. The minimum absolute atomic E-state index is 0.0197. The second kappa shape index (κ2) is 7.48. The lowest BCUT2D eigenvalue weighted by Gasteiger charge is -2.26. The molecular weight excluding hydrogens is 320 g/mol. The van der Waals surface area contributed by atoms with Crippen molar-refractivity contribution in [2.45, 2.75) is 26.6 Å². The number of rotatable bonds is 5. The Morgan fingerprint density at radius 2 is 2.00 bits per heavy atom. The normalized spacial score (nSPS) is 13.4. The largest absolute Gasteiger partial charge is 0.395 e. The lowest BCUT2D eigenvalue weighted by molar-refractivity contribution is -0.130. The summed E-state index contributed by atoms with van der Waals surface area (Å²) in [6.45, 7) is 3.75. The average Bonchev–Trinajstić information content (AvgIpc) is 3.04. The van der Waals surface area contributed by atoms with E-state index < -0.39 is 0 Å². The van der Waals surface area contributed by atoms with Crippen molar-refractivity contribution in [1.82, 2.24) is 19.6 Å². The Labute approximate surface area is 146 Å². The topological polar surface area (TPSA) is 78.7 Å². The van der Waals surface area contributed by atoms with Gasteiger partial charge in [-0.25, -0.2) is 0 Å². The van der Waals surface area contributed by atoms with Gasteiger partial charge in [0.2, 0.25) is 5.91 Å². The first-order chi connectivity index (χ1) is 12.1. The summed E-state index contributed by atoms with van der Waals surface area (Å²) >= 11 is 0. The Kier molecular flexibility index (Phi) is 5.14. The monoisotopic (exact) mass is 342 g/mol. The summed E-state index contributed by atoms with van der Waals surface area (Å²) in [5, 5.41) is 13.7. The van der Waals surface area contributed by atoms with Crippen molar-refractivity contribution in [1.29, 1.82) is 0 Å². The second-order valence-corrected chi connectivity index (χ2v) is 6.12. The molecule has 0 saturated carbocycles. The van der Waals surface area contributed by atoms with E-state index in [9.17, 15) is 14.7 Å². The Bertz CT molecular complexity index is 757. The molecule has 132 valence electrons. The molecule has 0 spiro atoms. The van der Waals surface area contributed by atoms with E-state index >= 15 is 0 Å². The lowest BCUT2D eigenvalue weighted by atomic mass is 10.2. The Balaban J connectivity index is 1.78. The summed E-state index contributed by atoms with van der Waals surface area (Å²) in [5.41, 5.74) is 2.20. The van der Waals surface area contributed by atoms with Crippen molar-refractivity contribution in [2.24, 2.45) is 0 Å². The van der Waals surface area contributed by atoms with E-state index in [1.54, 1.807) is 27.5 Å². The summed E-state index contributed by atoms with van der Waals surface area (Å²) in [6, 6.07) is 11.4. The molecule has 0 radical (unpaired) electrons. The Morgan fingerprint density at radius 1 is 1.24 bits per heavy atom. The van der Waals surface area contributed by atoms with E-state index in [0.29, 0.717) is 31.9 Å². The molecule has 0 fully saturated rings. The molecule has 2 aromatic rings. The van der Waals surface area contributed by atoms with Crippen LogP contribution in [0.25, 0.3) is 0 Å². The van der Waals surface area contributed by atoms with Gasteiger partial charge in [0.15, 0.2) is 5.69 Å². The summed E-state index contributed by atoms with van der Waals surface area (Å²) < 4.78 is 1.78. The maximum absolute atomic E-state index is 12.8. The highest BCUT2D eigenvalue weighted by Crippen LogP contribution is 2.16. The van der Waals surface area contributed by atoms with Crippen LogP contribution in [0.1, 0.15) is 28.7 Å². The van der Waals surface area contributed by atoms with E-state index in [1.807, 2.05) is 30.3 Å². The van der Waals surface area contributed by atoms with E-state index in [-0.39, 0.29) is 25.0 Å². The number of hydrogen-bond donors (Lipinski definition) is 1. The molecule has 0 aliphatic carbocycles. The zero-order valence-corrected chi connectivity index (χ0v) is 14.3. The van der Waals surface area contributed by atoms with Crippen molar-refractivity contribution in [2.75, 3.05) is 19.7 Å². The fraction of sp³-hybridized carbons (Fsp3) is 0.389. The maximum atomic E-state index is 12.8. The molecule has 1 N–H and O–H groups in total. The summed E-state index contributed by atoms with van der Waals surface area (Å²) in [6.07, 6.45) is 0. The summed E-state index contributed by atoms with van der Waals surface area (Å²) in [4.78, 5) is 27.7. The number of aromatic nitrogens is 2. The predicted octanol–water partition coefficient (Wildman–Crippen LogP) is 0.880. The van der Waals surface area contributed by atoms with Crippen molar-refractivity contribution < 1.29 is 14.7 Å². The van der Waals surface area contributed by atoms with Gasteiger partial charge in [-0.2, -0.15) is 5.10 Å². The quantitative estimate of drug-likeness (QED) is 0.875. The molecule has 3 rings (SSSR count). The van der Waals surface area contributed by atoms with Crippen LogP contribution in [0.3, 0.4) is 0 Å². The van der Waals surface area contributed by atoms with Gasteiger partial charge in [0.25, 0.3) is 5.91 Å². The molecule has 0 bridgehead atoms. The van der Waals surface area contributed by atoms with Crippen molar-refractivity contribution in [3.05, 3.63) is 53.3 Å². The van der Waals surface area contributed by atoms with Gasteiger partial charge in [0.05, 0.1) is 25.4 Å². The first kappa shape index (κ1) is 17.2. The fourth-order valence-corrected chi connectivity index (χ4v) is 2.98. The SMILES string of the molecule is CC(=O)N1CCn2nc(C(=O)N(CCO)Cc3ccccc3)cc2C1. The number of benzene rings is 1. The van der Waals surface area contributed by atoms with Crippen LogP contribution in [-0.2, 0) is 24.4 Å². The molecule has 0 saturated heterocycles. The van der Waals surface area contributed by atoms with Crippen LogP contribution in [0.5, 0.6) is 0 Å². The number of carbonyl (C=O) groups is 2. The van der Waals surface area contributed by atoms with E-state index in [4.69, 9.17) is 0 Å². The smallest absolute Gasteiger partial charge is 0.274 e. The second-order valence-electron chi connectivity index (χ2n) is 6.12. The van der Waals surface area contributed by atoms with Crippen LogP contribution < -0.4 is 0 Å². The molecule has 1 aliphatic heterocycles. The van der Waals surface area contributed by atoms with Gasteiger partial charge in [0, 0.05) is 26.6 Å². The first-order valence-electron chi connectivity index (χ1n) is 8.35. The van der Waals surface area contributed by atoms with Gasteiger partial charge >= 0.3 is 0 Å². The van der Waals surface area contributed by atoms with Gasteiger partial charge in [-0.1, -0.05) is 30.3 Å². The van der Waals surface area contributed by atoms with Crippen molar-refractivity contribution in [3.63, 3.8) is 0 Å². The van der Waals surface area contributed by atoms with Crippen LogP contribution in [-0.4, -0.2) is 56.2 Å². The molecule has 1 aromatic heterocycles. The lowest BCUT2D eigenvalue weighted by Crippen LogP contribution is -2.37. The molecular formula is C18H22N4O3. The van der Waals surface area contributed by atoms with Gasteiger partial charge in [-0.3, -0.25) is 14.3 Å². The number of hydrogen-bond acceptors (Lipinski definition) is 4. The zero-order valence-electron chi connectivity index (χ0n) is 14.3. The molecule has 1 aromatic carbocycles. The third kappa shape index (κ3) is 3.88. The third-order valence-corrected chi connectivity index (χ3v) is 4.34. The minimum Gasteiger partial charge on any atom is -0.395 e. The predicted molar refractivity (Wildman–Crippen MR) is 91.6 cm³/mol. The molecule has 25 heavy (non-hydrogen) atoms. The van der Waals surface area contributed by atoms with Crippen LogP contribution in [0.15, 0.2) is 36.4 Å². The van der Waals surface area contributed by atoms with E-state index in [0.717, 1.165) is 11.3 Å². The molecule has 0 atom stereocenters. The molecule has 7 heteroatoms. The van der Waals surface area contributed by atoms with Crippen LogP contribution >= 0.6 is 0 Å². The van der Waals surface area contributed by atoms with Crippen LogP contribution in [0.4, 0.5) is 0 Å². The van der Waals surface area contributed by atoms with Gasteiger partial charge < -0.3 is 14.9 Å². The summed E-state index contributed by atoms with van der Waals surface area (Å²) in [7, 11) is 0. The van der Waals surface area contributed by atoms with Crippen LogP contribution in [0.2, 0.25) is 0 Å². The highest BCUT2D eigenvalue weighted by molar-refractivity contribution is 5.92. The van der Waals surface area contributed by atoms with E-state index in [1.165, 1.54) is 0 Å². The first-order valence-corrected chi connectivity index (χ1v) is 8.35. The third-order valence-electron chi connectivity index (χ3n) is 4.34. The molecule has 0 unspecified atom stereocenters. The molecule has 7 nitrogen and oxygen atoms in total. The van der Waals surface area contributed by atoms with Gasteiger partial charge in [0.1, 0.15) is 0 Å². The van der Waals surface area contributed by atoms with Crippen molar-refractivity contribution >= 4 is 11.8 Å². The standard InChI is InChI=1S/C18H22N4O3/c1-14(24)20-7-8-22-16(13-20)11-17(19-22)18(25)21(9-10-23)12-15-5-3-2-4-6-15/h2-6,11,23H,7-10,12-13H2,1H3. The number of aliphatic hydroxyl groups excluding tert-OH is 1. The number of aliphatic hydroxyl groups is 1. The minimum atomic E-state index is -0.214. The maximum Gasteiger partial charge on any atom is 0.274 e. The fourth-order valence-electron chi connectivity index (χ4n) is 2.98. The van der Waals surface area contributed by atoms with E-state index in [2.05, 4.69) is 5.10 Å². The van der Waals surface area contributed by atoms with Crippen molar-refractivity contribution in [3.8, 4) is 0 Å². The van der Waals surface area contributed by atoms with Gasteiger partial charge in [-0.15, -0.1) is 0 Å². The molecule has 1 aliphatic rings. The molecule has 2 heterocycles. The summed E-state index contributed by atoms with van der Waals surface area (Å²) in [5.74, 6) is -0.194. The Morgan fingerprint density at radius 3 is 2.68 bits per heavy atom. The number of fused-ring (bicyclic) bond motifs is 1. The van der Waals surface area contributed by atoms with Gasteiger partial charge in [-0.05, 0) is 11.6 Å².